The highest BCUT2D eigenvalue weighted by atomic mass is 35.5. The summed E-state index contributed by atoms with van der Waals surface area (Å²) in [7, 11) is 0. The van der Waals surface area contributed by atoms with Crippen LogP contribution in [-0.4, -0.2) is 10.9 Å². The minimum absolute atomic E-state index is 0.180. The fourth-order valence-corrected chi connectivity index (χ4v) is 3.42. The topological polar surface area (TPSA) is 42.0 Å². The first-order chi connectivity index (χ1) is 11.6. The smallest absolute Gasteiger partial charge is 0.257 e. The Hall–Kier alpha value is -1.88. The van der Waals surface area contributed by atoms with Gasteiger partial charge in [-0.3, -0.25) is 10.1 Å². The van der Waals surface area contributed by atoms with Crippen LogP contribution in [0.25, 0.3) is 11.3 Å². The van der Waals surface area contributed by atoms with E-state index in [0.29, 0.717) is 26.4 Å². The lowest BCUT2D eigenvalue weighted by atomic mass is 10.1. The number of aryl methyl sites for hydroxylation is 1. The predicted octanol–water partition coefficient (Wildman–Crippen LogP) is 5.93. The zero-order chi connectivity index (χ0) is 17.1. The third-order valence-corrected chi connectivity index (χ3v) is 4.86. The predicted molar refractivity (Wildman–Crippen MR) is 101 cm³/mol. The molecule has 1 aromatic heterocycles. The van der Waals surface area contributed by atoms with Gasteiger partial charge in [-0.1, -0.05) is 42.3 Å². The summed E-state index contributed by atoms with van der Waals surface area (Å²) >= 11 is 13.5. The number of carbonyl (C=O) groups is 1. The fourth-order valence-electron chi connectivity index (χ4n) is 2.21. The summed E-state index contributed by atoms with van der Waals surface area (Å²) in [5, 5.41) is 6.30. The molecular weight excluding hydrogens is 363 g/mol. The maximum atomic E-state index is 12.3. The highest BCUT2D eigenvalue weighted by Crippen LogP contribution is 2.32. The largest absolute Gasteiger partial charge is 0.298 e. The molecule has 0 saturated heterocycles. The van der Waals surface area contributed by atoms with Gasteiger partial charge in [-0.05, 0) is 42.3 Å². The second kappa shape index (κ2) is 7.34. The third kappa shape index (κ3) is 3.78. The first-order valence-electron chi connectivity index (χ1n) is 7.38. The summed E-state index contributed by atoms with van der Waals surface area (Å²) < 4.78 is 0. The molecule has 0 aliphatic rings. The van der Waals surface area contributed by atoms with Crippen LogP contribution in [0.3, 0.4) is 0 Å². The minimum Gasteiger partial charge on any atom is -0.298 e. The standard InChI is InChI=1S/C18H14Cl2N2OS/c1-2-11-3-5-12(6-4-11)17(23)22-18-21-16(10-24-18)14-8-7-13(19)9-15(14)20/h3-10H,2H2,1H3,(H,21,22,23). The normalized spacial score (nSPS) is 10.6. The van der Waals surface area contributed by atoms with Gasteiger partial charge in [0.2, 0.25) is 0 Å². The highest BCUT2D eigenvalue weighted by molar-refractivity contribution is 7.14. The van der Waals surface area contributed by atoms with Crippen molar-refractivity contribution in [2.24, 2.45) is 0 Å². The fraction of sp³-hybridized carbons (Fsp3) is 0.111. The monoisotopic (exact) mass is 376 g/mol. The molecule has 0 bridgehead atoms. The van der Waals surface area contributed by atoms with E-state index in [-0.39, 0.29) is 5.91 Å². The highest BCUT2D eigenvalue weighted by Gasteiger charge is 2.12. The number of hydrogen-bond donors (Lipinski definition) is 1. The van der Waals surface area contributed by atoms with Crippen LogP contribution in [0.4, 0.5) is 5.13 Å². The summed E-state index contributed by atoms with van der Waals surface area (Å²) in [5.74, 6) is -0.180. The molecule has 3 rings (SSSR count). The van der Waals surface area contributed by atoms with Gasteiger partial charge >= 0.3 is 0 Å². The van der Waals surface area contributed by atoms with Gasteiger partial charge in [0.1, 0.15) is 0 Å². The number of nitrogens with zero attached hydrogens (tertiary/aromatic N) is 1. The Bertz CT molecular complexity index is 875. The first kappa shape index (κ1) is 17.0. The van der Waals surface area contributed by atoms with Crippen molar-refractivity contribution in [3.05, 3.63) is 69.0 Å². The summed E-state index contributed by atoms with van der Waals surface area (Å²) in [6.45, 7) is 2.08. The van der Waals surface area contributed by atoms with Crippen LogP contribution >= 0.6 is 34.5 Å². The summed E-state index contributed by atoms with van der Waals surface area (Å²) in [4.78, 5) is 16.7. The minimum atomic E-state index is -0.180. The zero-order valence-corrected chi connectivity index (χ0v) is 15.2. The molecule has 24 heavy (non-hydrogen) atoms. The Balaban J connectivity index is 1.76. The SMILES string of the molecule is CCc1ccc(C(=O)Nc2nc(-c3ccc(Cl)cc3Cl)cs2)cc1. The average molecular weight is 377 g/mol. The quantitative estimate of drug-likeness (QED) is 0.612. The van der Waals surface area contributed by atoms with Crippen molar-refractivity contribution in [1.29, 1.82) is 0 Å². The van der Waals surface area contributed by atoms with Crippen molar-refractivity contribution in [3.63, 3.8) is 0 Å². The van der Waals surface area contributed by atoms with Crippen LogP contribution in [0, 0.1) is 0 Å². The number of anilines is 1. The third-order valence-electron chi connectivity index (χ3n) is 3.56. The number of nitrogens with one attached hydrogen (secondary N) is 1. The molecule has 122 valence electrons. The van der Waals surface area contributed by atoms with Crippen molar-refractivity contribution in [2.75, 3.05) is 5.32 Å². The van der Waals surface area contributed by atoms with E-state index in [1.165, 1.54) is 16.9 Å². The van der Waals surface area contributed by atoms with E-state index in [4.69, 9.17) is 23.2 Å². The Morgan fingerprint density at radius 3 is 2.58 bits per heavy atom. The molecule has 3 aromatic rings. The number of carbonyl (C=O) groups excluding carboxylic acids is 1. The molecule has 6 heteroatoms. The van der Waals surface area contributed by atoms with E-state index in [0.717, 1.165) is 12.0 Å². The molecule has 0 atom stereocenters. The lowest BCUT2D eigenvalue weighted by Gasteiger charge is -2.03. The van der Waals surface area contributed by atoms with E-state index in [2.05, 4.69) is 17.2 Å². The van der Waals surface area contributed by atoms with Crippen LogP contribution < -0.4 is 5.32 Å². The number of hydrogen-bond acceptors (Lipinski definition) is 3. The second-order valence-corrected chi connectivity index (χ2v) is 6.87. The van der Waals surface area contributed by atoms with Gasteiger partial charge in [0.25, 0.3) is 5.91 Å². The van der Waals surface area contributed by atoms with Crippen LogP contribution in [0.5, 0.6) is 0 Å². The van der Waals surface area contributed by atoms with E-state index in [1.54, 1.807) is 12.1 Å². The molecular formula is C18H14Cl2N2OS. The lowest BCUT2D eigenvalue weighted by molar-refractivity contribution is 0.102. The molecule has 0 saturated carbocycles. The van der Waals surface area contributed by atoms with E-state index in [9.17, 15) is 4.79 Å². The number of amides is 1. The molecule has 1 heterocycles. The summed E-state index contributed by atoms with van der Waals surface area (Å²) in [6.07, 6.45) is 0.944. The van der Waals surface area contributed by atoms with Crippen molar-refractivity contribution < 1.29 is 4.79 Å². The number of halogens is 2. The number of benzene rings is 2. The van der Waals surface area contributed by atoms with E-state index < -0.39 is 0 Å². The summed E-state index contributed by atoms with van der Waals surface area (Å²) in [6, 6.07) is 12.8. The molecule has 0 fully saturated rings. The zero-order valence-electron chi connectivity index (χ0n) is 12.8. The number of aromatic nitrogens is 1. The maximum Gasteiger partial charge on any atom is 0.257 e. The van der Waals surface area contributed by atoms with Gasteiger partial charge in [0.05, 0.1) is 10.7 Å². The van der Waals surface area contributed by atoms with Crippen LogP contribution in [0.2, 0.25) is 10.0 Å². The Kier molecular flexibility index (Phi) is 5.19. The average Bonchev–Trinajstić information content (AvgIpc) is 3.03. The van der Waals surface area contributed by atoms with Crippen LogP contribution in [-0.2, 0) is 6.42 Å². The van der Waals surface area contributed by atoms with Crippen molar-refractivity contribution in [3.8, 4) is 11.3 Å². The second-order valence-electron chi connectivity index (χ2n) is 5.17. The molecule has 0 aliphatic carbocycles. The van der Waals surface area contributed by atoms with Gasteiger partial charge < -0.3 is 0 Å². The van der Waals surface area contributed by atoms with Crippen molar-refractivity contribution >= 4 is 45.6 Å². The molecule has 0 spiro atoms. The lowest BCUT2D eigenvalue weighted by Crippen LogP contribution is -2.11. The number of thiazole rings is 1. The number of rotatable bonds is 4. The van der Waals surface area contributed by atoms with Crippen molar-refractivity contribution in [1.82, 2.24) is 4.98 Å². The molecule has 3 nitrogen and oxygen atoms in total. The molecule has 0 radical (unpaired) electrons. The molecule has 1 amide bonds. The molecule has 0 unspecified atom stereocenters. The van der Waals surface area contributed by atoms with Gasteiger partial charge in [-0.25, -0.2) is 4.98 Å². The van der Waals surface area contributed by atoms with Crippen LogP contribution in [0.1, 0.15) is 22.8 Å². The van der Waals surface area contributed by atoms with Gasteiger partial charge in [-0.15, -0.1) is 11.3 Å². The molecule has 2 aromatic carbocycles. The Morgan fingerprint density at radius 2 is 1.92 bits per heavy atom. The van der Waals surface area contributed by atoms with Gasteiger partial charge in [-0.2, -0.15) is 0 Å². The maximum absolute atomic E-state index is 12.3. The molecule has 1 N–H and O–H groups in total. The van der Waals surface area contributed by atoms with Gasteiger partial charge in [0, 0.05) is 21.5 Å². The first-order valence-corrected chi connectivity index (χ1v) is 9.01. The Labute approximate surface area is 154 Å². The Morgan fingerprint density at radius 1 is 1.17 bits per heavy atom. The summed E-state index contributed by atoms with van der Waals surface area (Å²) in [5.41, 5.74) is 3.29. The van der Waals surface area contributed by atoms with E-state index >= 15 is 0 Å². The van der Waals surface area contributed by atoms with Crippen LogP contribution in [0.15, 0.2) is 47.8 Å². The van der Waals surface area contributed by atoms with E-state index in [1.807, 2.05) is 35.7 Å². The molecule has 0 aliphatic heterocycles. The van der Waals surface area contributed by atoms with Crippen molar-refractivity contribution in [2.45, 2.75) is 13.3 Å². The van der Waals surface area contributed by atoms with Gasteiger partial charge in [0.15, 0.2) is 5.13 Å².